The Morgan fingerprint density at radius 2 is 1.94 bits per heavy atom. The van der Waals surface area contributed by atoms with Crippen molar-refractivity contribution in [2.75, 3.05) is 0 Å². The molecular weight excluding hydrogens is 300 g/mol. The van der Waals surface area contributed by atoms with Crippen LogP contribution in [0.25, 0.3) is 0 Å². The van der Waals surface area contributed by atoms with Crippen molar-refractivity contribution < 1.29 is 4.79 Å². The normalized spacial score (nSPS) is 24.6. The van der Waals surface area contributed by atoms with Crippen molar-refractivity contribution in [2.24, 2.45) is 11.8 Å². The summed E-state index contributed by atoms with van der Waals surface area (Å²) in [4.78, 5) is 12.3. The molecular formula is C14H16BrClO. The number of hydrogen-bond acceptors (Lipinski definition) is 1. The number of benzene rings is 1. The number of carbonyl (C=O) groups is 1. The fourth-order valence-corrected chi connectivity index (χ4v) is 2.83. The molecule has 2 rings (SSSR count). The molecule has 0 amide bonds. The van der Waals surface area contributed by atoms with Crippen LogP contribution in [0.5, 0.6) is 0 Å². The standard InChI is InChI=1S/C14H16BrClO/c1-9-2-4-10(5-3-9)14(17)11-6-7-12(15)13(16)8-11/h6-10H,2-5H2,1H3. The lowest BCUT2D eigenvalue weighted by molar-refractivity contribution is 0.0875. The molecule has 0 aliphatic heterocycles. The number of hydrogen-bond donors (Lipinski definition) is 0. The van der Waals surface area contributed by atoms with Gasteiger partial charge in [0, 0.05) is 16.0 Å². The van der Waals surface area contributed by atoms with E-state index < -0.39 is 0 Å². The van der Waals surface area contributed by atoms with Crippen LogP contribution < -0.4 is 0 Å². The third-order valence-electron chi connectivity index (χ3n) is 3.59. The summed E-state index contributed by atoms with van der Waals surface area (Å²) >= 11 is 9.36. The second kappa shape index (κ2) is 5.53. The topological polar surface area (TPSA) is 17.1 Å². The van der Waals surface area contributed by atoms with Gasteiger partial charge in [-0.3, -0.25) is 4.79 Å². The summed E-state index contributed by atoms with van der Waals surface area (Å²) in [5, 5.41) is 0.611. The predicted molar refractivity (Wildman–Crippen MR) is 74.6 cm³/mol. The second-order valence-electron chi connectivity index (χ2n) is 4.95. The summed E-state index contributed by atoms with van der Waals surface area (Å²) in [5.74, 6) is 1.22. The number of ketones is 1. The van der Waals surface area contributed by atoms with E-state index in [-0.39, 0.29) is 11.7 Å². The number of rotatable bonds is 2. The molecule has 1 aliphatic carbocycles. The predicted octanol–water partition coefficient (Wildman–Crippen LogP) is 5.11. The Hall–Kier alpha value is -0.340. The van der Waals surface area contributed by atoms with E-state index in [1.54, 1.807) is 6.07 Å². The molecule has 1 aliphatic rings. The minimum atomic E-state index is 0.198. The van der Waals surface area contributed by atoms with Gasteiger partial charge in [0.05, 0.1) is 5.02 Å². The first-order valence-corrected chi connectivity index (χ1v) is 7.24. The van der Waals surface area contributed by atoms with Crippen molar-refractivity contribution in [3.05, 3.63) is 33.3 Å². The Labute approximate surface area is 116 Å². The molecule has 0 heterocycles. The molecule has 1 aromatic carbocycles. The fourth-order valence-electron chi connectivity index (χ4n) is 2.41. The lowest BCUT2D eigenvalue weighted by Crippen LogP contribution is -2.20. The number of carbonyl (C=O) groups excluding carboxylic acids is 1. The van der Waals surface area contributed by atoms with Gasteiger partial charge in [0.2, 0.25) is 0 Å². The molecule has 1 aromatic rings. The highest BCUT2D eigenvalue weighted by atomic mass is 79.9. The van der Waals surface area contributed by atoms with Gasteiger partial charge >= 0.3 is 0 Å². The van der Waals surface area contributed by atoms with Crippen LogP contribution in [0.2, 0.25) is 5.02 Å². The van der Waals surface area contributed by atoms with Crippen molar-refractivity contribution in [1.82, 2.24) is 0 Å². The first-order chi connectivity index (χ1) is 8.08. The van der Waals surface area contributed by atoms with Gasteiger partial charge in [0.25, 0.3) is 0 Å². The van der Waals surface area contributed by atoms with Crippen LogP contribution in [-0.4, -0.2) is 5.78 Å². The molecule has 0 atom stereocenters. The molecule has 1 nitrogen and oxygen atoms in total. The van der Waals surface area contributed by atoms with E-state index in [4.69, 9.17) is 11.6 Å². The molecule has 0 radical (unpaired) electrons. The maximum atomic E-state index is 12.3. The number of halogens is 2. The zero-order valence-electron chi connectivity index (χ0n) is 9.88. The summed E-state index contributed by atoms with van der Waals surface area (Å²) in [5.41, 5.74) is 0.748. The van der Waals surface area contributed by atoms with E-state index in [2.05, 4.69) is 22.9 Å². The van der Waals surface area contributed by atoms with E-state index in [1.165, 1.54) is 12.8 Å². The highest BCUT2D eigenvalue weighted by Gasteiger charge is 2.25. The zero-order valence-corrected chi connectivity index (χ0v) is 12.2. The Balaban J connectivity index is 2.11. The van der Waals surface area contributed by atoms with Crippen molar-refractivity contribution in [3.63, 3.8) is 0 Å². The van der Waals surface area contributed by atoms with Crippen molar-refractivity contribution in [1.29, 1.82) is 0 Å². The van der Waals surface area contributed by atoms with Gasteiger partial charge in [0.15, 0.2) is 5.78 Å². The van der Waals surface area contributed by atoms with E-state index >= 15 is 0 Å². The second-order valence-corrected chi connectivity index (χ2v) is 6.21. The van der Waals surface area contributed by atoms with E-state index in [0.29, 0.717) is 5.02 Å². The first kappa shape index (κ1) is 13.1. The van der Waals surface area contributed by atoms with Crippen molar-refractivity contribution in [2.45, 2.75) is 32.6 Å². The Kier molecular flexibility index (Phi) is 4.26. The zero-order chi connectivity index (χ0) is 12.4. The van der Waals surface area contributed by atoms with Gasteiger partial charge in [0.1, 0.15) is 0 Å². The molecule has 92 valence electrons. The largest absolute Gasteiger partial charge is 0.294 e. The fraction of sp³-hybridized carbons (Fsp3) is 0.500. The van der Waals surface area contributed by atoms with E-state index in [1.807, 2.05) is 12.1 Å². The van der Waals surface area contributed by atoms with Crippen LogP contribution in [0.3, 0.4) is 0 Å². The third-order valence-corrected chi connectivity index (χ3v) is 4.82. The molecule has 0 N–H and O–H groups in total. The van der Waals surface area contributed by atoms with E-state index in [0.717, 1.165) is 28.8 Å². The van der Waals surface area contributed by atoms with Gasteiger partial charge in [-0.2, -0.15) is 0 Å². The third kappa shape index (κ3) is 3.11. The minimum absolute atomic E-state index is 0.198. The quantitative estimate of drug-likeness (QED) is 0.693. The maximum absolute atomic E-state index is 12.3. The molecule has 0 aromatic heterocycles. The molecule has 1 saturated carbocycles. The lowest BCUT2D eigenvalue weighted by Gasteiger charge is -2.25. The summed E-state index contributed by atoms with van der Waals surface area (Å²) < 4.78 is 0.841. The van der Waals surface area contributed by atoms with Crippen LogP contribution in [0, 0.1) is 11.8 Å². The molecule has 17 heavy (non-hydrogen) atoms. The molecule has 1 fully saturated rings. The average molecular weight is 316 g/mol. The van der Waals surface area contributed by atoms with Crippen LogP contribution >= 0.6 is 27.5 Å². The summed E-state index contributed by atoms with van der Waals surface area (Å²) in [6.45, 7) is 2.26. The minimum Gasteiger partial charge on any atom is -0.294 e. The van der Waals surface area contributed by atoms with Crippen LogP contribution in [0.4, 0.5) is 0 Å². The molecule has 0 bridgehead atoms. The lowest BCUT2D eigenvalue weighted by atomic mass is 9.79. The van der Waals surface area contributed by atoms with Gasteiger partial charge < -0.3 is 0 Å². The average Bonchev–Trinajstić information content (AvgIpc) is 2.33. The Morgan fingerprint density at radius 3 is 2.53 bits per heavy atom. The number of Topliss-reactive ketones (excluding diaryl/α,β-unsaturated/α-hetero) is 1. The van der Waals surface area contributed by atoms with Gasteiger partial charge in [-0.05, 0) is 46.8 Å². The SMILES string of the molecule is CC1CCC(C(=O)c2ccc(Br)c(Cl)c2)CC1. The summed E-state index contributed by atoms with van der Waals surface area (Å²) in [6.07, 6.45) is 4.38. The monoisotopic (exact) mass is 314 g/mol. The van der Waals surface area contributed by atoms with Gasteiger partial charge in [-0.15, -0.1) is 0 Å². The maximum Gasteiger partial charge on any atom is 0.165 e. The van der Waals surface area contributed by atoms with Crippen molar-refractivity contribution in [3.8, 4) is 0 Å². The summed E-state index contributed by atoms with van der Waals surface area (Å²) in [7, 11) is 0. The van der Waals surface area contributed by atoms with Crippen LogP contribution in [0.1, 0.15) is 43.0 Å². The Morgan fingerprint density at radius 1 is 1.29 bits per heavy atom. The first-order valence-electron chi connectivity index (χ1n) is 6.07. The summed E-state index contributed by atoms with van der Waals surface area (Å²) in [6, 6.07) is 5.48. The van der Waals surface area contributed by atoms with Crippen LogP contribution in [0.15, 0.2) is 22.7 Å². The smallest absolute Gasteiger partial charge is 0.165 e. The van der Waals surface area contributed by atoms with Gasteiger partial charge in [-0.25, -0.2) is 0 Å². The molecule has 0 saturated heterocycles. The highest BCUT2D eigenvalue weighted by molar-refractivity contribution is 9.10. The molecule has 3 heteroatoms. The van der Waals surface area contributed by atoms with Crippen molar-refractivity contribution >= 4 is 33.3 Å². The van der Waals surface area contributed by atoms with Gasteiger partial charge in [-0.1, -0.05) is 37.4 Å². The Bertz CT molecular complexity index is 422. The molecule has 0 unspecified atom stereocenters. The molecule has 0 spiro atoms. The highest BCUT2D eigenvalue weighted by Crippen LogP contribution is 2.32. The van der Waals surface area contributed by atoms with E-state index in [9.17, 15) is 4.79 Å². The van der Waals surface area contributed by atoms with Crippen LogP contribution in [-0.2, 0) is 0 Å².